The third-order valence-corrected chi connectivity index (χ3v) is 8.12. The minimum absolute atomic E-state index is 0.00242. The van der Waals surface area contributed by atoms with Crippen molar-refractivity contribution in [2.45, 2.75) is 52.4 Å². The number of nitrogens with zero attached hydrogens (tertiary/aromatic N) is 1. The number of carbonyl (C=O) groups excluding carboxylic acids is 2. The van der Waals surface area contributed by atoms with Gasteiger partial charge in [-0.3, -0.25) is 9.59 Å². The molecule has 3 fully saturated rings. The zero-order valence-corrected chi connectivity index (χ0v) is 15.7. The monoisotopic (exact) mass is 353 g/mol. The average molecular weight is 353 g/mol. The molecule has 4 nitrogen and oxygen atoms in total. The largest absolute Gasteiger partial charge is 0.450 e. The number of allylic oxidation sites excluding steroid dienone is 4. The topological polar surface area (TPSA) is 67.2 Å². The average Bonchev–Trinajstić information content (AvgIpc) is 2.97. The molecule has 6 atom stereocenters. The Kier molecular flexibility index (Phi) is 4.10. The Balaban J connectivity index is 1.59. The summed E-state index contributed by atoms with van der Waals surface area (Å²) < 4.78 is 5.19. The minimum Gasteiger partial charge on any atom is -0.450 e. The van der Waals surface area contributed by atoms with Crippen LogP contribution in [0.4, 0.5) is 0 Å². The fraction of sp³-hybridized carbons (Fsp3) is 0.682. The Hall–Kier alpha value is -1.89. The van der Waals surface area contributed by atoms with Crippen molar-refractivity contribution >= 4 is 11.8 Å². The highest BCUT2D eigenvalue weighted by atomic mass is 16.5. The molecule has 0 spiro atoms. The molecule has 0 heterocycles. The van der Waals surface area contributed by atoms with E-state index in [1.807, 2.05) is 12.1 Å². The first-order chi connectivity index (χ1) is 12.4. The number of hydrogen-bond acceptors (Lipinski definition) is 4. The van der Waals surface area contributed by atoms with E-state index in [2.05, 4.69) is 19.9 Å². The Morgan fingerprint density at radius 3 is 2.85 bits per heavy atom. The molecule has 0 aromatic heterocycles. The Morgan fingerprint density at radius 1 is 1.27 bits per heavy atom. The fourth-order valence-electron chi connectivity index (χ4n) is 6.79. The van der Waals surface area contributed by atoms with Crippen LogP contribution in [0.5, 0.6) is 0 Å². The zero-order chi connectivity index (χ0) is 18.5. The fourth-order valence-corrected chi connectivity index (χ4v) is 6.79. The highest BCUT2D eigenvalue weighted by molar-refractivity contribution is 6.01. The standard InChI is InChI=1S/C22H27NO3/c1-21-9-7-15(24)13-14(21)3-4-16-17-5-6-19(20(25)26-12-11-23)22(17,2)10-8-18(16)21/h7,9,13,16-19H,3-6,8,10,12H2,1-2H3/t16-,17-,18-,19?,21-,22-/m0/s1. The number of rotatable bonds is 2. The molecule has 0 aliphatic heterocycles. The molecule has 0 amide bonds. The summed E-state index contributed by atoms with van der Waals surface area (Å²) in [5.74, 6) is 1.56. The highest BCUT2D eigenvalue weighted by Gasteiger charge is 2.60. The molecule has 0 aromatic rings. The van der Waals surface area contributed by atoms with Crippen LogP contribution in [0.2, 0.25) is 0 Å². The molecule has 0 bridgehead atoms. The predicted octanol–water partition coefficient (Wildman–Crippen LogP) is 3.98. The lowest BCUT2D eigenvalue weighted by Crippen LogP contribution is -2.50. The zero-order valence-electron chi connectivity index (χ0n) is 15.7. The van der Waals surface area contributed by atoms with Crippen molar-refractivity contribution in [2.75, 3.05) is 6.61 Å². The van der Waals surface area contributed by atoms with E-state index in [0.717, 1.165) is 38.5 Å². The number of ketones is 1. The highest BCUT2D eigenvalue weighted by Crippen LogP contribution is 2.66. The molecular formula is C22H27NO3. The van der Waals surface area contributed by atoms with Gasteiger partial charge in [-0.25, -0.2) is 0 Å². The van der Waals surface area contributed by atoms with Gasteiger partial charge in [-0.15, -0.1) is 0 Å². The van der Waals surface area contributed by atoms with Crippen LogP contribution in [0.1, 0.15) is 52.4 Å². The second kappa shape index (κ2) is 6.08. The smallest absolute Gasteiger partial charge is 0.310 e. The van der Waals surface area contributed by atoms with Crippen molar-refractivity contribution in [2.24, 2.45) is 34.5 Å². The molecule has 0 saturated heterocycles. The summed E-state index contributed by atoms with van der Waals surface area (Å²) >= 11 is 0. The van der Waals surface area contributed by atoms with E-state index in [-0.39, 0.29) is 35.1 Å². The molecule has 138 valence electrons. The quantitative estimate of drug-likeness (QED) is 0.704. The van der Waals surface area contributed by atoms with Gasteiger partial charge in [0.1, 0.15) is 6.07 Å². The Bertz CT molecular complexity index is 745. The van der Waals surface area contributed by atoms with Gasteiger partial charge in [0.25, 0.3) is 0 Å². The number of carbonyl (C=O) groups is 2. The summed E-state index contributed by atoms with van der Waals surface area (Å²) in [4.78, 5) is 24.3. The summed E-state index contributed by atoms with van der Waals surface area (Å²) in [6, 6.07) is 1.91. The molecule has 4 heteroatoms. The molecule has 0 radical (unpaired) electrons. The van der Waals surface area contributed by atoms with E-state index >= 15 is 0 Å². The van der Waals surface area contributed by atoms with E-state index in [9.17, 15) is 9.59 Å². The lowest BCUT2D eigenvalue weighted by atomic mass is 9.48. The van der Waals surface area contributed by atoms with Gasteiger partial charge in [0.05, 0.1) is 5.92 Å². The van der Waals surface area contributed by atoms with E-state index < -0.39 is 0 Å². The first-order valence-electron chi connectivity index (χ1n) is 9.88. The van der Waals surface area contributed by atoms with Crippen LogP contribution in [0.25, 0.3) is 0 Å². The van der Waals surface area contributed by atoms with Gasteiger partial charge in [0.15, 0.2) is 12.4 Å². The van der Waals surface area contributed by atoms with E-state index in [1.165, 1.54) is 5.57 Å². The van der Waals surface area contributed by atoms with Crippen LogP contribution < -0.4 is 0 Å². The normalized spacial score (nSPS) is 43.6. The number of hydrogen-bond donors (Lipinski definition) is 0. The molecule has 4 rings (SSSR count). The summed E-state index contributed by atoms with van der Waals surface area (Å²) in [6.07, 6.45) is 11.9. The van der Waals surface area contributed by atoms with Gasteiger partial charge in [-0.05, 0) is 73.8 Å². The first-order valence-corrected chi connectivity index (χ1v) is 9.88. The van der Waals surface area contributed by atoms with Crippen molar-refractivity contribution in [3.8, 4) is 6.07 Å². The van der Waals surface area contributed by atoms with E-state index in [1.54, 1.807) is 6.08 Å². The van der Waals surface area contributed by atoms with Crippen LogP contribution in [0.3, 0.4) is 0 Å². The summed E-state index contributed by atoms with van der Waals surface area (Å²) in [5.41, 5.74) is 1.29. The SMILES string of the molecule is C[C@]12C=CC(=O)C=C1CC[C@@H]1[C@@H]2CC[C@]2(C)C(C(=O)OCC#N)CC[C@@H]12. The number of ether oxygens (including phenoxy) is 1. The van der Waals surface area contributed by atoms with Crippen LogP contribution in [-0.4, -0.2) is 18.4 Å². The van der Waals surface area contributed by atoms with Gasteiger partial charge in [0, 0.05) is 5.41 Å². The summed E-state index contributed by atoms with van der Waals surface area (Å²) in [5, 5.41) is 8.70. The van der Waals surface area contributed by atoms with Crippen LogP contribution in [0.15, 0.2) is 23.8 Å². The van der Waals surface area contributed by atoms with Gasteiger partial charge in [-0.2, -0.15) is 5.26 Å². The van der Waals surface area contributed by atoms with E-state index in [4.69, 9.17) is 10.00 Å². The lowest BCUT2D eigenvalue weighted by molar-refractivity contribution is -0.154. The number of nitriles is 1. The lowest BCUT2D eigenvalue weighted by Gasteiger charge is -2.56. The minimum atomic E-state index is -0.180. The number of fused-ring (bicyclic) bond motifs is 5. The second-order valence-corrected chi connectivity index (χ2v) is 9.04. The molecule has 0 N–H and O–H groups in total. The molecule has 0 aromatic carbocycles. The third-order valence-electron chi connectivity index (χ3n) is 8.12. The van der Waals surface area contributed by atoms with Crippen molar-refractivity contribution in [1.29, 1.82) is 5.26 Å². The van der Waals surface area contributed by atoms with Gasteiger partial charge >= 0.3 is 5.97 Å². The summed E-state index contributed by atoms with van der Waals surface area (Å²) in [7, 11) is 0. The van der Waals surface area contributed by atoms with Crippen LogP contribution in [0, 0.1) is 45.8 Å². The maximum Gasteiger partial charge on any atom is 0.310 e. The van der Waals surface area contributed by atoms with Crippen molar-refractivity contribution < 1.29 is 14.3 Å². The molecular weight excluding hydrogens is 326 g/mol. The predicted molar refractivity (Wildman–Crippen MR) is 96.7 cm³/mol. The van der Waals surface area contributed by atoms with Gasteiger partial charge in [0.2, 0.25) is 0 Å². The van der Waals surface area contributed by atoms with Gasteiger partial charge < -0.3 is 4.74 Å². The summed E-state index contributed by atoms with van der Waals surface area (Å²) in [6.45, 7) is 4.43. The van der Waals surface area contributed by atoms with Crippen molar-refractivity contribution in [3.05, 3.63) is 23.8 Å². The third kappa shape index (κ3) is 2.40. The van der Waals surface area contributed by atoms with Gasteiger partial charge in [-0.1, -0.05) is 25.5 Å². The molecule has 4 aliphatic carbocycles. The van der Waals surface area contributed by atoms with Crippen LogP contribution >= 0.6 is 0 Å². The maximum absolute atomic E-state index is 12.5. The number of esters is 1. The van der Waals surface area contributed by atoms with Crippen molar-refractivity contribution in [3.63, 3.8) is 0 Å². The molecule has 1 unspecified atom stereocenters. The Morgan fingerprint density at radius 2 is 2.08 bits per heavy atom. The van der Waals surface area contributed by atoms with Crippen LogP contribution in [-0.2, 0) is 14.3 Å². The first kappa shape index (κ1) is 17.5. The molecule has 3 saturated carbocycles. The van der Waals surface area contributed by atoms with E-state index in [0.29, 0.717) is 17.8 Å². The van der Waals surface area contributed by atoms with Crippen molar-refractivity contribution in [1.82, 2.24) is 0 Å². The Labute approximate surface area is 155 Å². The molecule has 4 aliphatic rings. The maximum atomic E-state index is 12.5. The second-order valence-electron chi connectivity index (χ2n) is 9.04. The molecule has 26 heavy (non-hydrogen) atoms.